The van der Waals surface area contributed by atoms with Crippen LogP contribution in [0.2, 0.25) is 0 Å². The summed E-state index contributed by atoms with van der Waals surface area (Å²) in [6.45, 7) is 15.0. The number of rotatable bonds is 0. The van der Waals surface area contributed by atoms with Crippen LogP contribution in [-0.2, 0) is 0 Å². The van der Waals surface area contributed by atoms with E-state index in [1.807, 2.05) is 52.0 Å². The van der Waals surface area contributed by atoms with Crippen molar-refractivity contribution in [1.29, 1.82) is 0 Å². The fourth-order valence-electron chi connectivity index (χ4n) is 1.08. The Morgan fingerprint density at radius 2 is 1.18 bits per heavy atom. The highest BCUT2D eigenvalue weighted by Crippen LogP contribution is 2.20. The maximum absolute atomic E-state index is 8.56. The molecule has 0 atom stereocenters. The monoisotopic (exact) mass is 460 g/mol. The fraction of sp³-hybridized carbons (Fsp3) is 0.211. The van der Waals surface area contributed by atoms with Gasteiger partial charge in [0.1, 0.15) is 4.60 Å². The van der Waals surface area contributed by atoms with Crippen molar-refractivity contribution >= 4 is 39.0 Å². The van der Waals surface area contributed by atoms with E-state index < -0.39 is 12.3 Å². The van der Waals surface area contributed by atoms with Gasteiger partial charge in [-0.05, 0) is 55.1 Å². The van der Waals surface area contributed by atoms with Crippen molar-refractivity contribution < 1.29 is 30.0 Å². The van der Waals surface area contributed by atoms with Crippen LogP contribution in [0.4, 0.5) is 9.59 Å². The summed E-state index contributed by atoms with van der Waals surface area (Å²) in [6, 6.07) is 10.2. The standard InChI is InChI=1S/C9H6BrN.2C4H8.2CH2O3.H3N/c10-9-8-4-2-1-3-7(8)5-6-11-9;2*1-4(2)3;2*2-1(3)4;/h1-6H;2*1H2,2-3H3;2*(H2,2,3,4);1H3. The summed E-state index contributed by atoms with van der Waals surface area (Å²) in [7, 11) is 0. The van der Waals surface area contributed by atoms with Gasteiger partial charge in [-0.3, -0.25) is 0 Å². The van der Waals surface area contributed by atoms with Crippen molar-refractivity contribution in [3.05, 3.63) is 65.4 Å². The van der Waals surface area contributed by atoms with Gasteiger partial charge < -0.3 is 26.6 Å². The number of halogens is 1. The highest BCUT2D eigenvalue weighted by atomic mass is 79.9. The fourth-order valence-corrected chi connectivity index (χ4v) is 1.56. The summed E-state index contributed by atoms with van der Waals surface area (Å²) in [5.41, 5.74) is 2.33. The zero-order valence-corrected chi connectivity index (χ0v) is 18.1. The molecule has 0 saturated carbocycles. The molecule has 2 aromatic rings. The smallest absolute Gasteiger partial charge is 0.450 e. The van der Waals surface area contributed by atoms with E-state index in [4.69, 9.17) is 30.0 Å². The van der Waals surface area contributed by atoms with Gasteiger partial charge in [0, 0.05) is 11.6 Å². The van der Waals surface area contributed by atoms with Crippen molar-refractivity contribution in [2.75, 3.05) is 0 Å². The average Bonchev–Trinajstić information content (AvgIpc) is 2.45. The molecule has 158 valence electrons. The molecule has 0 radical (unpaired) electrons. The van der Waals surface area contributed by atoms with E-state index in [1.54, 1.807) is 6.20 Å². The first-order chi connectivity index (χ1) is 12.3. The van der Waals surface area contributed by atoms with E-state index >= 15 is 0 Å². The van der Waals surface area contributed by atoms with E-state index in [0.29, 0.717) is 0 Å². The molecular formula is C19H29BrN2O6. The number of pyridine rings is 1. The number of carbonyl (C=O) groups is 2. The molecule has 28 heavy (non-hydrogen) atoms. The molecule has 0 unspecified atom stereocenters. The summed E-state index contributed by atoms with van der Waals surface area (Å²) in [6.07, 6.45) is -1.87. The van der Waals surface area contributed by atoms with Gasteiger partial charge in [0.2, 0.25) is 0 Å². The van der Waals surface area contributed by atoms with Gasteiger partial charge in [0.15, 0.2) is 0 Å². The molecular weight excluding hydrogens is 432 g/mol. The third-order valence-corrected chi connectivity index (χ3v) is 2.26. The summed E-state index contributed by atoms with van der Waals surface area (Å²) in [5.74, 6) is 0. The van der Waals surface area contributed by atoms with Crippen LogP contribution in [0.25, 0.3) is 10.8 Å². The lowest BCUT2D eigenvalue weighted by Crippen LogP contribution is -1.81. The van der Waals surface area contributed by atoms with E-state index in [9.17, 15) is 0 Å². The molecule has 1 aromatic carbocycles. The van der Waals surface area contributed by atoms with Gasteiger partial charge in [0.25, 0.3) is 0 Å². The Morgan fingerprint density at radius 1 is 0.857 bits per heavy atom. The first-order valence-electron chi connectivity index (χ1n) is 7.38. The predicted molar refractivity (Wildman–Crippen MR) is 117 cm³/mol. The Hall–Kier alpha value is -2.91. The Kier molecular flexibility index (Phi) is 23.9. The van der Waals surface area contributed by atoms with Gasteiger partial charge >= 0.3 is 12.3 Å². The minimum atomic E-state index is -1.83. The van der Waals surface area contributed by atoms with Crippen LogP contribution in [0.15, 0.2) is 65.4 Å². The number of aromatic nitrogens is 1. The van der Waals surface area contributed by atoms with Gasteiger partial charge in [-0.1, -0.05) is 35.4 Å². The third kappa shape index (κ3) is 34.4. The maximum atomic E-state index is 8.56. The van der Waals surface area contributed by atoms with Crippen LogP contribution < -0.4 is 6.15 Å². The quantitative estimate of drug-likeness (QED) is 0.212. The normalized spacial score (nSPS) is 7.61. The third-order valence-electron chi connectivity index (χ3n) is 1.63. The molecule has 0 fully saturated rings. The molecule has 1 aromatic heterocycles. The Morgan fingerprint density at radius 3 is 1.50 bits per heavy atom. The number of nitrogens with zero attached hydrogens (tertiary/aromatic N) is 1. The molecule has 0 amide bonds. The number of fused-ring (bicyclic) bond motifs is 1. The molecule has 7 N–H and O–H groups in total. The van der Waals surface area contributed by atoms with Gasteiger partial charge in [-0.2, -0.15) is 0 Å². The minimum Gasteiger partial charge on any atom is -0.450 e. The number of carboxylic acid groups (broad SMARTS) is 4. The summed E-state index contributed by atoms with van der Waals surface area (Å²) >= 11 is 3.39. The summed E-state index contributed by atoms with van der Waals surface area (Å²) in [4.78, 5) is 21.2. The minimum absolute atomic E-state index is 0. The van der Waals surface area contributed by atoms with Gasteiger partial charge in [-0.25, -0.2) is 14.6 Å². The van der Waals surface area contributed by atoms with E-state index in [1.165, 1.54) is 16.5 Å². The number of benzene rings is 1. The van der Waals surface area contributed by atoms with Crippen LogP contribution in [0, 0.1) is 0 Å². The first-order valence-corrected chi connectivity index (χ1v) is 8.17. The Bertz CT molecular complexity index is 666. The van der Waals surface area contributed by atoms with E-state index in [0.717, 1.165) is 9.99 Å². The van der Waals surface area contributed by atoms with Crippen molar-refractivity contribution in [3.63, 3.8) is 0 Å². The lowest BCUT2D eigenvalue weighted by Gasteiger charge is -1.96. The number of hydrogen-bond donors (Lipinski definition) is 5. The average molecular weight is 461 g/mol. The Balaban J connectivity index is -0.000000145. The van der Waals surface area contributed by atoms with Crippen LogP contribution in [0.5, 0.6) is 0 Å². The van der Waals surface area contributed by atoms with Crippen LogP contribution in [0.3, 0.4) is 0 Å². The molecule has 9 heteroatoms. The summed E-state index contributed by atoms with van der Waals surface area (Å²) in [5, 5.41) is 30.3. The largest absolute Gasteiger partial charge is 0.503 e. The van der Waals surface area contributed by atoms with Crippen LogP contribution in [0.1, 0.15) is 27.7 Å². The molecule has 1 heterocycles. The molecule has 0 aliphatic rings. The topological polar surface area (TPSA) is 163 Å². The van der Waals surface area contributed by atoms with Crippen LogP contribution >= 0.6 is 15.9 Å². The Labute approximate surface area is 173 Å². The molecule has 0 aliphatic carbocycles. The second-order valence-electron chi connectivity index (χ2n) is 5.30. The highest BCUT2D eigenvalue weighted by Gasteiger charge is 1.95. The first kappa shape index (κ1) is 32.7. The molecule has 2 rings (SSSR count). The lowest BCUT2D eigenvalue weighted by molar-refractivity contribution is 0.135. The predicted octanol–water partition coefficient (Wildman–Crippen LogP) is 6.77. The zero-order chi connectivity index (χ0) is 22.0. The van der Waals surface area contributed by atoms with Crippen molar-refractivity contribution in [2.24, 2.45) is 0 Å². The zero-order valence-electron chi connectivity index (χ0n) is 16.5. The van der Waals surface area contributed by atoms with Crippen molar-refractivity contribution in [1.82, 2.24) is 11.1 Å². The second-order valence-corrected chi connectivity index (χ2v) is 6.05. The van der Waals surface area contributed by atoms with Crippen LogP contribution in [-0.4, -0.2) is 37.7 Å². The van der Waals surface area contributed by atoms with Gasteiger partial charge in [0.05, 0.1) is 0 Å². The van der Waals surface area contributed by atoms with Gasteiger partial charge in [-0.15, -0.1) is 13.2 Å². The second kappa shape index (κ2) is 20.4. The molecule has 0 saturated heterocycles. The van der Waals surface area contributed by atoms with E-state index in [-0.39, 0.29) is 6.15 Å². The highest BCUT2D eigenvalue weighted by molar-refractivity contribution is 9.10. The van der Waals surface area contributed by atoms with Crippen molar-refractivity contribution in [3.8, 4) is 0 Å². The maximum Gasteiger partial charge on any atom is 0.503 e. The number of allylic oxidation sites excluding steroid dienone is 2. The molecule has 0 aliphatic heterocycles. The molecule has 0 spiro atoms. The lowest BCUT2D eigenvalue weighted by atomic mass is 10.2. The SMILES string of the molecule is Brc1nccc2ccccc12.C=C(C)C.C=C(C)C.N.O=C(O)O.O=C(O)O. The van der Waals surface area contributed by atoms with Crippen molar-refractivity contribution in [2.45, 2.75) is 27.7 Å². The molecule has 8 nitrogen and oxygen atoms in total. The number of hydrogen-bond acceptors (Lipinski definition) is 4. The molecule has 0 bridgehead atoms. The van der Waals surface area contributed by atoms with E-state index in [2.05, 4.69) is 40.1 Å². The summed E-state index contributed by atoms with van der Waals surface area (Å²) < 4.78 is 0.913.